The zero-order valence-corrected chi connectivity index (χ0v) is 7.36. The highest BCUT2D eigenvalue weighted by molar-refractivity contribution is 5.82. The lowest BCUT2D eigenvalue weighted by molar-refractivity contribution is -0.152. The number of carbonyl (C=O) groups is 2. The van der Waals surface area contributed by atoms with Crippen LogP contribution < -0.4 is 5.32 Å². The van der Waals surface area contributed by atoms with E-state index in [1.165, 1.54) is 0 Å². The maximum atomic E-state index is 10.7. The molecular formula is C8H13NO4. The average Bonchev–Trinajstić information content (AvgIpc) is 2.03. The van der Waals surface area contributed by atoms with Crippen molar-refractivity contribution in [1.29, 1.82) is 0 Å². The second-order valence-corrected chi connectivity index (χ2v) is 3.41. The molecule has 1 heterocycles. The molecule has 3 atom stereocenters. The van der Waals surface area contributed by atoms with E-state index in [2.05, 4.69) is 5.32 Å². The molecule has 1 fully saturated rings. The molecule has 0 spiro atoms. The summed E-state index contributed by atoms with van der Waals surface area (Å²) in [6.45, 7) is 1.86. The number of hydrogen-bond acceptors (Lipinski definition) is 3. The van der Waals surface area contributed by atoms with E-state index in [0.717, 1.165) is 0 Å². The summed E-state index contributed by atoms with van der Waals surface area (Å²) in [5.74, 6) is -2.92. The molecular weight excluding hydrogens is 174 g/mol. The molecule has 0 amide bonds. The third kappa shape index (κ3) is 2.18. The van der Waals surface area contributed by atoms with Crippen LogP contribution in [0.4, 0.5) is 0 Å². The van der Waals surface area contributed by atoms with Gasteiger partial charge in [-0.3, -0.25) is 9.59 Å². The van der Waals surface area contributed by atoms with Crippen molar-refractivity contribution in [3.63, 3.8) is 0 Å². The van der Waals surface area contributed by atoms with Gasteiger partial charge >= 0.3 is 11.9 Å². The lowest BCUT2D eigenvalue weighted by Gasteiger charge is -2.30. The summed E-state index contributed by atoms with van der Waals surface area (Å²) in [4.78, 5) is 21.4. The minimum atomic E-state index is -1.08. The van der Waals surface area contributed by atoms with Gasteiger partial charge in [-0.25, -0.2) is 0 Å². The third-order valence-corrected chi connectivity index (χ3v) is 2.36. The first-order valence-electron chi connectivity index (χ1n) is 4.24. The number of rotatable bonds is 2. The van der Waals surface area contributed by atoms with Gasteiger partial charge in [0.1, 0.15) is 6.04 Å². The SMILES string of the molecule is CC1CCC(C(=O)O)C(C(=O)O)N1. The summed E-state index contributed by atoms with van der Waals surface area (Å²) >= 11 is 0. The summed E-state index contributed by atoms with van der Waals surface area (Å²) in [5, 5.41) is 20.3. The fraction of sp³-hybridized carbons (Fsp3) is 0.750. The standard InChI is InChI=1S/C8H13NO4/c1-4-2-3-5(7(10)11)6(9-4)8(12)13/h4-6,9H,2-3H2,1H3,(H,10,11)(H,12,13). The molecule has 0 aliphatic carbocycles. The molecule has 0 saturated carbocycles. The fourth-order valence-electron chi connectivity index (χ4n) is 1.61. The van der Waals surface area contributed by atoms with Crippen LogP contribution in [-0.2, 0) is 9.59 Å². The van der Waals surface area contributed by atoms with Crippen molar-refractivity contribution in [3.8, 4) is 0 Å². The molecule has 3 unspecified atom stereocenters. The number of carboxylic acids is 2. The normalized spacial score (nSPS) is 34.1. The minimum Gasteiger partial charge on any atom is -0.481 e. The Bertz CT molecular complexity index is 228. The Morgan fingerprint density at radius 3 is 2.31 bits per heavy atom. The van der Waals surface area contributed by atoms with E-state index in [0.29, 0.717) is 12.8 Å². The van der Waals surface area contributed by atoms with Crippen molar-refractivity contribution in [2.45, 2.75) is 31.8 Å². The molecule has 3 N–H and O–H groups in total. The zero-order chi connectivity index (χ0) is 10.0. The second-order valence-electron chi connectivity index (χ2n) is 3.41. The van der Waals surface area contributed by atoms with Crippen LogP contribution in [0.15, 0.2) is 0 Å². The van der Waals surface area contributed by atoms with Crippen molar-refractivity contribution in [3.05, 3.63) is 0 Å². The van der Waals surface area contributed by atoms with E-state index in [1.54, 1.807) is 0 Å². The Hall–Kier alpha value is -1.10. The van der Waals surface area contributed by atoms with Crippen LogP contribution in [0.3, 0.4) is 0 Å². The smallest absolute Gasteiger partial charge is 0.321 e. The molecule has 5 heteroatoms. The first-order chi connectivity index (χ1) is 6.02. The minimum absolute atomic E-state index is 0.0803. The molecule has 1 rings (SSSR count). The number of aliphatic carboxylic acids is 2. The highest BCUT2D eigenvalue weighted by Gasteiger charge is 2.37. The first kappa shape index (κ1) is 9.98. The van der Waals surface area contributed by atoms with E-state index in [9.17, 15) is 9.59 Å². The Kier molecular flexibility index (Phi) is 2.87. The molecule has 0 bridgehead atoms. The maximum absolute atomic E-state index is 10.7. The summed E-state index contributed by atoms with van der Waals surface area (Å²) in [5.41, 5.74) is 0. The van der Waals surface area contributed by atoms with E-state index in [4.69, 9.17) is 10.2 Å². The number of carboxylic acid groups (broad SMARTS) is 2. The summed E-state index contributed by atoms with van der Waals surface area (Å²) in [6.07, 6.45) is 1.14. The fourth-order valence-corrected chi connectivity index (χ4v) is 1.61. The molecule has 0 aromatic rings. The first-order valence-corrected chi connectivity index (χ1v) is 4.24. The lowest BCUT2D eigenvalue weighted by Crippen LogP contribution is -2.53. The van der Waals surface area contributed by atoms with Gasteiger partial charge < -0.3 is 15.5 Å². The van der Waals surface area contributed by atoms with E-state index < -0.39 is 23.9 Å². The van der Waals surface area contributed by atoms with Crippen LogP contribution in [0.5, 0.6) is 0 Å². The van der Waals surface area contributed by atoms with Crippen LogP contribution in [-0.4, -0.2) is 34.2 Å². The van der Waals surface area contributed by atoms with E-state index in [-0.39, 0.29) is 6.04 Å². The monoisotopic (exact) mass is 187 g/mol. The molecule has 74 valence electrons. The quantitative estimate of drug-likeness (QED) is 0.562. The maximum Gasteiger partial charge on any atom is 0.321 e. The van der Waals surface area contributed by atoms with Crippen LogP contribution >= 0.6 is 0 Å². The summed E-state index contributed by atoms with van der Waals surface area (Å²) in [6, 6.07) is -0.863. The summed E-state index contributed by atoms with van der Waals surface area (Å²) in [7, 11) is 0. The van der Waals surface area contributed by atoms with Gasteiger partial charge in [-0.15, -0.1) is 0 Å². The van der Waals surface area contributed by atoms with Gasteiger partial charge in [0.2, 0.25) is 0 Å². The molecule has 5 nitrogen and oxygen atoms in total. The van der Waals surface area contributed by atoms with Crippen LogP contribution in [0.1, 0.15) is 19.8 Å². The predicted octanol–water partition coefficient (Wildman–Crippen LogP) is -0.0877. The van der Waals surface area contributed by atoms with Crippen LogP contribution in [0.2, 0.25) is 0 Å². The van der Waals surface area contributed by atoms with Gasteiger partial charge in [0, 0.05) is 6.04 Å². The van der Waals surface area contributed by atoms with Gasteiger partial charge in [-0.2, -0.15) is 0 Å². The second kappa shape index (κ2) is 3.74. The van der Waals surface area contributed by atoms with E-state index >= 15 is 0 Å². The Morgan fingerprint density at radius 2 is 1.85 bits per heavy atom. The highest BCUT2D eigenvalue weighted by atomic mass is 16.4. The van der Waals surface area contributed by atoms with Crippen molar-refractivity contribution < 1.29 is 19.8 Å². The van der Waals surface area contributed by atoms with Crippen molar-refractivity contribution >= 4 is 11.9 Å². The largest absolute Gasteiger partial charge is 0.481 e. The number of nitrogens with one attached hydrogen (secondary N) is 1. The molecule has 1 aliphatic rings. The molecule has 0 radical (unpaired) electrons. The Balaban J connectivity index is 2.72. The van der Waals surface area contributed by atoms with Crippen molar-refractivity contribution in [1.82, 2.24) is 5.32 Å². The lowest BCUT2D eigenvalue weighted by atomic mass is 9.88. The number of hydrogen-bond donors (Lipinski definition) is 3. The van der Waals surface area contributed by atoms with Gasteiger partial charge in [-0.05, 0) is 19.8 Å². The predicted molar refractivity (Wildman–Crippen MR) is 44.4 cm³/mol. The van der Waals surface area contributed by atoms with Gasteiger partial charge in [0.25, 0.3) is 0 Å². The Labute approximate surface area is 75.7 Å². The summed E-state index contributed by atoms with van der Waals surface area (Å²) < 4.78 is 0. The zero-order valence-electron chi connectivity index (χ0n) is 7.36. The van der Waals surface area contributed by atoms with Gasteiger partial charge in [-0.1, -0.05) is 0 Å². The topological polar surface area (TPSA) is 86.6 Å². The molecule has 13 heavy (non-hydrogen) atoms. The average molecular weight is 187 g/mol. The molecule has 1 aliphatic heterocycles. The molecule has 1 saturated heterocycles. The number of piperidine rings is 1. The Morgan fingerprint density at radius 1 is 1.23 bits per heavy atom. The molecule has 0 aromatic carbocycles. The molecule has 0 aromatic heterocycles. The third-order valence-electron chi connectivity index (χ3n) is 2.36. The van der Waals surface area contributed by atoms with Gasteiger partial charge in [0.05, 0.1) is 5.92 Å². The highest BCUT2D eigenvalue weighted by Crippen LogP contribution is 2.20. The van der Waals surface area contributed by atoms with Gasteiger partial charge in [0.15, 0.2) is 0 Å². The van der Waals surface area contributed by atoms with Crippen LogP contribution in [0.25, 0.3) is 0 Å². The van der Waals surface area contributed by atoms with Crippen LogP contribution in [0, 0.1) is 5.92 Å². The van der Waals surface area contributed by atoms with Crippen molar-refractivity contribution in [2.75, 3.05) is 0 Å². The van der Waals surface area contributed by atoms with Crippen molar-refractivity contribution in [2.24, 2.45) is 5.92 Å². The van der Waals surface area contributed by atoms with E-state index in [1.807, 2.05) is 6.92 Å².